The fourth-order valence-corrected chi connectivity index (χ4v) is 3.40. The fourth-order valence-electron chi connectivity index (χ4n) is 3.40. The van der Waals surface area contributed by atoms with Crippen molar-refractivity contribution in [1.82, 2.24) is 4.90 Å². The predicted octanol–water partition coefficient (Wildman–Crippen LogP) is 1.97. The predicted molar refractivity (Wildman–Crippen MR) is 83.9 cm³/mol. The van der Waals surface area contributed by atoms with Gasteiger partial charge in [0.2, 0.25) is 5.91 Å². The maximum Gasteiger partial charge on any atom is 0.308 e. The summed E-state index contributed by atoms with van der Waals surface area (Å²) in [5, 5.41) is 11.9. The van der Waals surface area contributed by atoms with Crippen molar-refractivity contribution in [3.8, 4) is 0 Å². The Hall–Kier alpha value is -2.44. The number of carboxylic acids is 1. The molecule has 2 fully saturated rings. The number of halogens is 1. The summed E-state index contributed by atoms with van der Waals surface area (Å²) in [6.07, 6.45) is 1.98. The van der Waals surface area contributed by atoms with Crippen LogP contribution in [0.1, 0.15) is 30.1 Å². The van der Waals surface area contributed by atoms with Crippen LogP contribution in [0.5, 0.6) is 0 Å². The van der Waals surface area contributed by atoms with Crippen LogP contribution in [0.15, 0.2) is 18.2 Å². The van der Waals surface area contributed by atoms with Crippen molar-refractivity contribution in [2.75, 3.05) is 18.4 Å². The first-order valence-corrected chi connectivity index (χ1v) is 7.96. The molecule has 128 valence electrons. The van der Waals surface area contributed by atoms with Crippen LogP contribution in [0.4, 0.5) is 10.1 Å². The number of nitrogens with zero attached hydrogens (tertiary/aromatic N) is 1. The molecule has 1 saturated heterocycles. The summed E-state index contributed by atoms with van der Waals surface area (Å²) in [6, 6.07) is 3.80. The molecule has 3 rings (SSSR count). The molecule has 0 spiro atoms. The van der Waals surface area contributed by atoms with Crippen LogP contribution in [-0.4, -0.2) is 40.9 Å². The van der Waals surface area contributed by atoms with Gasteiger partial charge in [-0.15, -0.1) is 0 Å². The van der Waals surface area contributed by atoms with Gasteiger partial charge in [-0.2, -0.15) is 0 Å². The van der Waals surface area contributed by atoms with E-state index in [1.807, 2.05) is 0 Å². The SMILES string of the molecule is CC(=O)Nc1ccc(F)c(C(=O)N2C[C@H](C(=O)O)[C@@H](C3CC3)C2)c1. The molecular weight excluding hydrogens is 315 g/mol. The van der Waals surface area contributed by atoms with Gasteiger partial charge in [-0.25, -0.2) is 4.39 Å². The van der Waals surface area contributed by atoms with Gasteiger partial charge >= 0.3 is 5.97 Å². The van der Waals surface area contributed by atoms with Crippen molar-refractivity contribution in [3.63, 3.8) is 0 Å². The molecule has 2 N–H and O–H groups in total. The van der Waals surface area contributed by atoms with Crippen LogP contribution >= 0.6 is 0 Å². The zero-order chi connectivity index (χ0) is 17.4. The molecule has 0 radical (unpaired) electrons. The number of rotatable bonds is 4. The first-order valence-electron chi connectivity index (χ1n) is 7.96. The van der Waals surface area contributed by atoms with Gasteiger partial charge in [-0.3, -0.25) is 14.4 Å². The van der Waals surface area contributed by atoms with Gasteiger partial charge < -0.3 is 15.3 Å². The van der Waals surface area contributed by atoms with Crippen LogP contribution in [0.25, 0.3) is 0 Å². The minimum absolute atomic E-state index is 0.0620. The van der Waals surface area contributed by atoms with E-state index >= 15 is 0 Å². The molecule has 7 heteroatoms. The monoisotopic (exact) mass is 334 g/mol. The second-order valence-electron chi connectivity index (χ2n) is 6.53. The average Bonchev–Trinajstić information content (AvgIpc) is 3.26. The number of anilines is 1. The smallest absolute Gasteiger partial charge is 0.308 e. The fraction of sp³-hybridized carbons (Fsp3) is 0.471. The zero-order valence-corrected chi connectivity index (χ0v) is 13.3. The van der Waals surface area contributed by atoms with Crippen LogP contribution in [-0.2, 0) is 9.59 Å². The lowest BCUT2D eigenvalue weighted by atomic mass is 9.92. The lowest BCUT2D eigenvalue weighted by Gasteiger charge is -2.17. The summed E-state index contributed by atoms with van der Waals surface area (Å²) >= 11 is 0. The van der Waals surface area contributed by atoms with E-state index in [-0.39, 0.29) is 23.9 Å². The second-order valence-corrected chi connectivity index (χ2v) is 6.53. The maximum atomic E-state index is 14.1. The molecule has 2 amide bonds. The molecule has 0 unspecified atom stereocenters. The van der Waals surface area contributed by atoms with Gasteiger partial charge in [0.25, 0.3) is 5.91 Å². The molecule has 1 aromatic rings. The highest BCUT2D eigenvalue weighted by Crippen LogP contribution is 2.44. The van der Waals surface area contributed by atoms with Gasteiger partial charge in [0, 0.05) is 25.7 Å². The Kier molecular flexibility index (Phi) is 4.26. The third-order valence-electron chi connectivity index (χ3n) is 4.71. The number of hydrogen-bond donors (Lipinski definition) is 2. The highest BCUT2D eigenvalue weighted by Gasteiger charge is 2.47. The molecule has 1 aromatic carbocycles. The summed E-state index contributed by atoms with van der Waals surface area (Å²) < 4.78 is 14.1. The Labute approximate surface area is 138 Å². The number of likely N-dealkylation sites (tertiary alicyclic amines) is 1. The molecule has 24 heavy (non-hydrogen) atoms. The first kappa shape index (κ1) is 16.4. The molecule has 1 aliphatic heterocycles. The van der Waals surface area contributed by atoms with E-state index in [1.54, 1.807) is 0 Å². The number of aliphatic carboxylic acids is 1. The normalized spacial score (nSPS) is 23.2. The molecule has 2 atom stereocenters. The van der Waals surface area contributed by atoms with Gasteiger partial charge in [-0.1, -0.05) is 0 Å². The zero-order valence-electron chi connectivity index (χ0n) is 13.3. The minimum Gasteiger partial charge on any atom is -0.481 e. The van der Waals surface area contributed by atoms with Crippen molar-refractivity contribution in [1.29, 1.82) is 0 Å². The van der Waals surface area contributed by atoms with Crippen LogP contribution in [0, 0.1) is 23.6 Å². The number of benzene rings is 1. The van der Waals surface area contributed by atoms with Crippen LogP contribution < -0.4 is 5.32 Å². The van der Waals surface area contributed by atoms with Gasteiger partial charge in [0.1, 0.15) is 5.82 Å². The Morgan fingerprint density at radius 3 is 2.54 bits per heavy atom. The maximum absolute atomic E-state index is 14.1. The lowest BCUT2D eigenvalue weighted by molar-refractivity contribution is -0.142. The standard InChI is InChI=1S/C17H19FN2O4/c1-9(21)19-11-4-5-15(18)12(6-11)16(22)20-7-13(10-2-3-10)14(8-20)17(23)24/h4-6,10,13-14H,2-3,7-8H2,1H3,(H,19,21)(H,23,24)/t13-,14+/m1/s1. The summed E-state index contributed by atoms with van der Waals surface area (Å²) in [5.74, 6) is -2.75. The Morgan fingerprint density at radius 2 is 1.96 bits per heavy atom. The molecule has 0 aromatic heterocycles. The number of amides is 2. The summed E-state index contributed by atoms with van der Waals surface area (Å²) in [5.41, 5.74) is 0.182. The highest BCUT2D eigenvalue weighted by molar-refractivity contribution is 5.97. The van der Waals surface area contributed by atoms with E-state index in [0.717, 1.165) is 18.9 Å². The van der Waals surface area contributed by atoms with Crippen molar-refractivity contribution in [3.05, 3.63) is 29.6 Å². The van der Waals surface area contributed by atoms with E-state index in [2.05, 4.69) is 5.32 Å². The quantitative estimate of drug-likeness (QED) is 0.881. The Bertz CT molecular complexity index is 702. The first-order chi connectivity index (χ1) is 11.4. The summed E-state index contributed by atoms with van der Waals surface area (Å²) in [7, 11) is 0. The molecule has 6 nitrogen and oxygen atoms in total. The van der Waals surface area contributed by atoms with E-state index in [9.17, 15) is 23.9 Å². The largest absolute Gasteiger partial charge is 0.481 e. The Balaban J connectivity index is 1.81. The van der Waals surface area contributed by atoms with Crippen molar-refractivity contribution in [2.45, 2.75) is 19.8 Å². The summed E-state index contributed by atoms with van der Waals surface area (Å²) in [6.45, 7) is 1.76. The molecule has 2 aliphatic rings. The molecular formula is C17H19FN2O4. The van der Waals surface area contributed by atoms with Gasteiger partial charge in [0.15, 0.2) is 0 Å². The number of carboxylic acid groups (broad SMARTS) is 1. The molecule has 1 heterocycles. The van der Waals surface area contributed by atoms with E-state index < -0.39 is 23.6 Å². The number of hydrogen-bond acceptors (Lipinski definition) is 3. The number of carbonyl (C=O) groups excluding carboxylic acids is 2. The molecule has 1 saturated carbocycles. The van der Waals surface area contributed by atoms with Gasteiger partial charge in [-0.05, 0) is 42.9 Å². The van der Waals surface area contributed by atoms with Crippen LogP contribution in [0.2, 0.25) is 0 Å². The van der Waals surface area contributed by atoms with E-state index in [4.69, 9.17) is 0 Å². The molecule has 0 bridgehead atoms. The van der Waals surface area contributed by atoms with Crippen molar-refractivity contribution >= 4 is 23.5 Å². The van der Waals surface area contributed by atoms with E-state index in [1.165, 1.54) is 24.0 Å². The molecule has 1 aliphatic carbocycles. The third kappa shape index (κ3) is 3.25. The number of carbonyl (C=O) groups is 3. The van der Waals surface area contributed by atoms with Crippen LogP contribution in [0.3, 0.4) is 0 Å². The summed E-state index contributed by atoms with van der Waals surface area (Å²) in [4.78, 5) is 36.6. The van der Waals surface area contributed by atoms with Crippen molar-refractivity contribution < 1.29 is 23.9 Å². The second kappa shape index (κ2) is 6.22. The number of nitrogens with one attached hydrogen (secondary N) is 1. The van der Waals surface area contributed by atoms with Gasteiger partial charge in [0.05, 0.1) is 11.5 Å². The highest BCUT2D eigenvalue weighted by atomic mass is 19.1. The Morgan fingerprint density at radius 1 is 1.25 bits per heavy atom. The topological polar surface area (TPSA) is 86.7 Å². The minimum atomic E-state index is -0.908. The third-order valence-corrected chi connectivity index (χ3v) is 4.71. The lowest BCUT2D eigenvalue weighted by Crippen LogP contribution is -2.30. The van der Waals surface area contributed by atoms with E-state index in [0.29, 0.717) is 18.2 Å². The van der Waals surface area contributed by atoms with Crippen molar-refractivity contribution in [2.24, 2.45) is 17.8 Å². The average molecular weight is 334 g/mol.